The first kappa shape index (κ1) is 14.9. The number of methoxy groups -OCH3 is 1. The van der Waals surface area contributed by atoms with Crippen LogP contribution in [0, 0.1) is 0 Å². The molecule has 0 bridgehead atoms. The van der Waals surface area contributed by atoms with Gasteiger partial charge in [-0.2, -0.15) is 5.10 Å². The number of hydrogen-bond donors (Lipinski definition) is 1. The fourth-order valence-corrected chi connectivity index (χ4v) is 2.82. The van der Waals surface area contributed by atoms with Crippen LogP contribution in [0.2, 0.25) is 5.02 Å². The lowest BCUT2D eigenvalue weighted by Crippen LogP contribution is -2.18. The Kier molecular flexibility index (Phi) is 4.32. The fourth-order valence-electron chi connectivity index (χ4n) is 2.64. The lowest BCUT2D eigenvalue weighted by atomic mass is 10.0. The lowest BCUT2D eigenvalue weighted by Gasteiger charge is -2.24. The maximum atomic E-state index is 6.11. The molecular weight excluding hydrogens is 298 g/mol. The van der Waals surface area contributed by atoms with E-state index in [1.54, 1.807) is 7.11 Å². The number of rotatable bonds is 4. The molecule has 0 aliphatic carbocycles. The predicted molar refractivity (Wildman–Crippen MR) is 90.8 cm³/mol. The molecule has 0 saturated heterocycles. The molecule has 4 nitrogen and oxygen atoms in total. The summed E-state index contributed by atoms with van der Waals surface area (Å²) in [5, 5.41) is 7.35. The first-order valence-corrected chi connectivity index (χ1v) is 7.54. The first-order valence-electron chi connectivity index (χ1n) is 7.16. The van der Waals surface area contributed by atoms with Crippen molar-refractivity contribution in [3.63, 3.8) is 0 Å². The topological polar surface area (TPSA) is 50.9 Å². The van der Waals surface area contributed by atoms with Gasteiger partial charge in [-0.1, -0.05) is 29.8 Å². The second kappa shape index (κ2) is 6.38. The van der Waals surface area contributed by atoms with Crippen LogP contribution in [0.5, 0.6) is 5.75 Å². The molecule has 1 aliphatic rings. The van der Waals surface area contributed by atoms with Gasteiger partial charge in [0.05, 0.1) is 24.6 Å². The Labute approximate surface area is 135 Å². The monoisotopic (exact) mass is 315 g/mol. The minimum absolute atomic E-state index is 0.128. The Morgan fingerprint density at radius 1 is 1.27 bits per heavy atom. The molecule has 1 heterocycles. The summed E-state index contributed by atoms with van der Waals surface area (Å²) >= 11 is 6.11. The maximum Gasteiger partial charge on any atom is 0.118 e. The summed E-state index contributed by atoms with van der Waals surface area (Å²) in [4.78, 5) is 0. The number of nitrogens with zero attached hydrogens (tertiary/aromatic N) is 2. The van der Waals surface area contributed by atoms with Crippen LogP contribution in [0.25, 0.3) is 0 Å². The van der Waals surface area contributed by atoms with Gasteiger partial charge in [0.25, 0.3) is 0 Å². The largest absolute Gasteiger partial charge is 0.497 e. The zero-order valence-corrected chi connectivity index (χ0v) is 13.1. The van der Waals surface area contributed by atoms with Crippen LogP contribution < -0.4 is 15.5 Å². The van der Waals surface area contributed by atoms with Crippen molar-refractivity contribution in [1.82, 2.24) is 0 Å². The van der Waals surface area contributed by atoms with Gasteiger partial charge < -0.3 is 10.5 Å². The van der Waals surface area contributed by atoms with E-state index in [1.807, 2.05) is 41.4 Å². The number of benzene rings is 2. The molecule has 1 aliphatic heterocycles. The van der Waals surface area contributed by atoms with E-state index in [9.17, 15) is 0 Å². The van der Waals surface area contributed by atoms with Crippen LogP contribution in [0.3, 0.4) is 0 Å². The van der Waals surface area contributed by atoms with Crippen molar-refractivity contribution < 1.29 is 4.74 Å². The number of hydrazone groups is 1. The average molecular weight is 316 g/mol. The van der Waals surface area contributed by atoms with E-state index in [2.05, 4.69) is 17.2 Å². The number of ether oxygens (including phenoxy) is 1. The molecule has 3 rings (SSSR count). The van der Waals surface area contributed by atoms with Crippen molar-refractivity contribution in [2.24, 2.45) is 10.8 Å². The Hall–Kier alpha value is -2.04. The maximum absolute atomic E-state index is 6.11. The minimum Gasteiger partial charge on any atom is -0.497 e. The van der Waals surface area contributed by atoms with Crippen molar-refractivity contribution in [2.45, 2.75) is 12.5 Å². The number of hydrogen-bond acceptors (Lipinski definition) is 4. The van der Waals surface area contributed by atoms with E-state index < -0.39 is 0 Å². The van der Waals surface area contributed by atoms with Gasteiger partial charge in [0.15, 0.2) is 0 Å². The third-order valence-electron chi connectivity index (χ3n) is 3.78. The van der Waals surface area contributed by atoms with Crippen LogP contribution in [0.15, 0.2) is 53.6 Å². The van der Waals surface area contributed by atoms with Gasteiger partial charge in [-0.05, 0) is 35.9 Å². The van der Waals surface area contributed by atoms with Gasteiger partial charge in [-0.3, -0.25) is 5.01 Å². The molecular formula is C17H18ClN3O. The molecule has 0 amide bonds. The van der Waals surface area contributed by atoms with E-state index >= 15 is 0 Å². The van der Waals surface area contributed by atoms with Crippen molar-refractivity contribution in [1.29, 1.82) is 0 Å². The molecule has 0 spiro atoms. The summed E-state index contributed by atoms with van der Waals surface area (Å²) < 4.78 is 5.22. The van der Waals surface area contributed by atoms with Crippen LogP contribution in [-0.4, -0.2) is 19.4 Å². The molecule has 2 aromatic rings. The van der Waals surface area contributed by atoms with E-state index in [-0.39, 0.29) is 6.04 Å². The van der Waals surface area contributed by atoms with Crippen molar-refractivity contribution in [3.8, 4) is 5.75 Å². The molecule has 0 aromatic heterocycles. The Balaban J connectivity index is 1.95. The summed E-state index contributed by atoms with van der Waals surface area (Å²) in [7, 11) is 1.67. The molecule has 0 saturated carbocycles. The summed E-state index contributed by atoms with van der Waals surface area (Å²) in [6, 6.07) is 15.9. The van der Waals surface area contributed by atoms with Crippen LogP contribution in [0.1, 0.15) is 18.0 Å². The molecule has 1 atom stereocenters. The van der Waals surface area contributed by atoms with Gasteiger partial charge in [0.2, 0.25) is 0 Å². The molecule has 5 heteroatoms. The third-order valence-corrected chi connectivity index (χ3v) is 4.02. The molecule has 2 N–H and O–H groups in total. The van der Waals surface area contributed by atoms with Crippen molar-refractivity contribution in [2.75, 3.05) is 18.7 Å². The molecule has 0 radical (unpaired) electrons. The number of halogens is 1. The Morgan fingerprint density at radius 3 is 2.68 bits per heavy atom. The first-order chi connectivity index (χ1) is 10.7. The summed E-state index contributed by atoms with van der Waals surface area (Å²) in [6.07, 6.45) is 0.815. The normalized spacial score (nSPS) is 17.5. The van der Waals surface area contributed by atoms with Crippen LogP contribution >= 0.6 is 11.6 Å². The Morgan fingerprint density at radius 2 is 2.05 bits per heavy atom. The SMILES string of the molecule is COc1ccc(C2CC(CN)=NN2c2cccc(Cl)c2)cc1. The highest BCUT2D eigenvalue weighted by atomic mass is 35.5. The van der Waals surface area contributed by atoms with E-state index in [0.717, 1.165) is 23.6 Å². The minimum atomic E-state index is 0.128. The number of anilines is 1. The fraction of sp³-hybridized carbons (Fsp3) is 0.235. The average Bonchev–Trinajstić information content (AvgIpc) is 2.99. The van der Waals surface area contributed by atoms with Crippen LogP contribution in [-0.2, 0) is 0 Å². The quantitative estimate of drug-likeness (QED) is 0.937. The Bertz CT molecular complexity index is 685. The van der Waals surface area contributed by atoms with E-state index in [4.69, 9.17) is 22.1 Å². The van der Waals surface area contributed by atoms with Crippen molar-refractivity contribution in [3.05, 3.63) is 59.1 Å². The van der Waals surface area contributed by atoms with Crippen molar-refractivity contribution >= 4 is 23.0 Å². The van der Waals surface area contributed by atoms with E-state index in [0.29, 0.717) is 11.6 Å². The highest BCUT2D eigenvalue weighted by Crippen LogP contribution is 2.36. The second-order valence-corrected chi connectivity index (χ2v) is 5.62. The zero-order chi connectivity index (χ0) is 15.5. The van der Waals surface area contributed by atoms with Crippen LogP contribution in [0.4, 0.5) is 5.69 Å². The van der Waals surface area contributed by atoms with Gasteiger partial charge >= 0.3 is 0 Å². The smallest absolute Gasteiger partial charge is 0.118 e. The zero-order valence-electron chi connectivity index (χ0n) is 12.4. The molecule has 2 aromatic carbocycles. The van der Waals surface area contributed by atoms with Gasteiger partial charge in [0, 0.05) is 18.0 Å². The molecule has 114 valence electrons. The second-order valence-electron chi connectivity index (χ2n) is 5.19. The summed E-state index contributed by atoms with van der Waals surface area (Å²) in [5.74, 6) is 0.844. The molecule has 22 heavy (non-hydrogen) atoms. The third kappa shape index (κ3) is 2.93. The standard InChI is InChI=1S/C17H18ClN3O/c1-22-16-7-5-12(6-8-16)17-10-14(11-19)20-21(17)15-4-2-3-13(18)9-15/h2-9,17H,10-11,19H2,1H3. The highest BCUT2D eigenvalue weighted by Gasteiger charge is 2.28. The molecule has 0 fully saturated rings. The molecule has 1 unspecified atom stereocenters. The summed E-state index contributed by atoms with van der Waals surface area (Å²) in [6.45, 7) is 0.462. The highest BCUT2D eigenvalue weighted by molar-refractivity contribution is 6.30. The van der Waals surface area contributed by atoms with Gasteiger partial charge in [0.1, 0.15) is 5.75 Å². The van der Waals surface area contributed by atoms with Gasteiger partial charge in [-0.15, -0.1) is 0 Å². The van der Waals surface area contributed by atoms with E-state index in [1.165, 1.54) is 5.56 Å². The van der Waals surface area contributed by atoms with Gasteiger partial charge in [-0.25, -0.2) is 0 Å². The predicted octanol–water partition coefficient (Wildman–Crippen LogP) is 3.61. The lowest BCUT2D eigenvalue weighted by molar-refractivity contribution is 0.414. The summed E-state index contributed by atoms with van der Waals surface area (Å²) in [5.41, 5.74) is 8.92. The number of nitrogens with two attached hydrogens (primary N) is 1.